The van der Waals surface area contributed by atoms with Gasteiger partial charge in [0.1, 0.15) is 5.69 Å². The number of aromatic nitrogens is 2. The molecule has 88 valence electrons. The van der Waals surface area contributed by atoms with Gasteiger partial charge in [0.25, 0.3) is 0 Å². The lowest BCUT2D eigenvalue weighted by atomic mass is 10.0. The third-order valence-electron chi connectivity index (χ3n) is 2.97. The van der Waals surface area contributed by atoms with Crippen LogP contribution in [-0.2, 0) is 7.05 Å². The number of hydrogen-bond donors (Lipinski definition) is 0. The summed E-state index contributed by atoms with van der Waals surface area (Å²) in [4.78, 5) is 16.5. The Bertz CT molecular complexity index is 723. The summed E-state index contributed by atoms with van der Waals surface area (Å²) >= 11 is 0. The number of hydrogen-bond acceptors (Lipinski definition) is 2. The van der Waals surface area contributed by atoms with Gasteiger partial charge < -0.3 is 4.57 Å². The van der Waals surface area contributed by atoms with Gasteiger partial charge in [-0.1, -0.05) is 42.5 Å². The third-order valence-corrected chi connectivity index (χ3v) is 2.97. The zero-order chi connectivity index (χ0) is 12.5. The van der Waals surface area contributed by atoms with Crippen LogP contribution >= 0.6 is 0 Å². The van der Waals surface area contributed by atoms with Crippen molar-refractivity contribution in [3.05, 3.63) is 66.2 Å². The summed E-state index contributed by atoms with van der Waals surface area (Å²) < 4.78 is 1.78. The molecule has 0 aliphatic heterocycles. The molecule has 3 aromatic rings. The number of carbonyl (C=O) groups is 1. The Morgan fingerprint density at radius 1 is 1.11 bits per heavy atom. The molecule has 0 radical (unpaired) electrons. The van der Waals surface area contributed by atoms with Crippen LogP contribution in [0.5, 0.6) is 0 Å². The first kappa shape index (κ1) is 10.7. The molecule has 0 aliphatic rings. The molecule has 0 unspecified atom stereocenters. The van der Waals surface area contributed by atoms with Crippen LogP contribution in [0.1, 0.15) is 16.1 Å². The average molecular weight is 236 g/mol. The molecular formula is C15H12N2O. The second-order valence-corrected chi connectivity index (χ2v) is 4.28. The predicted molar refractivity (Wildman–Crippen MR) is 70.6 cm³/mol. The van der Waals surface area contributed by atoms with Gasteiger partial charge in [0.15, 0.2) is 0 Å². The molecule has 3 rings (SSSR count). The van der Waals surface area contributed by atoms with Crippen molar-refractivity contribution in [1.82, 2.24) is 9.55 Å². The predicted octanol–water partition coefficient (Wildman–Crippen LogP) is 2.80. The lowest BCUT2D eigenvalue weighted by Crippen LogP contribution is -2.02. The first-order valence-electron chi connectivity index (χ1n) is 5.76. The monoisotopic (exact) mass is 236 g/mol. The van der Waals surface area contributed by atoms with Crippen molar-refractivity contribution in [2.45, 2.75) is 0 Å². The summed E-state index contributed by atoms with van der Waals surface area (Å²) in [7, 11) is 1.85. The summed E-state index contributed by atoms with van der Waals surface area (Å²) in [6.45, 7) is 0. The van der Waals surface area contributed by atoms with E-state index < -0.39 is 0 Å². The Kier molecular flexibility index (Phi) is 2.45. The Hall–Kier alpha value is -2.42. The van der Waals surface area contributed by atoms with Gasteiger partial charge in [-0.25, -0.2) is 4.98 Å². The van der Waals surface area contributed by atoms with Crippen molar-refractivity contribution in [3.63, 3.8) is 0 Å². The van der Waals surface area contributed by atoms with E-state index in [4.69, 9.17) is 0 Å². The van der Waals surface area contributed by atoms with Crippen molar-refractivity contribution < 1.29 is 4.79 Å². The molecule has 0 atom stereocenters. The molecule has 0 saturated carbocycles. The van der Waals surface area contributed by atoms with Crippen molar-refractivity contribution in [2.75, 3.05) is 0 Å². The molecule has 0 amide bonds. The second-order valence-electron chi connectivity index (χ2n) is 4.28. The number of carbonyl (C=O) groups excluding carboxylic acids is 1. The second kappa shape index (κ2) is 4.11. The van der Waals surface area contributed by atoms with Crippen LogP contribution in [0.3, 0.4) is 0 Å². The Balaban J connectivity index is 2.17. The number of benzene rings is 2. The Morgan fingerprint density at radius 3 is 2.67 bits per heavy atom. The van der Waals surface area contributed by atoms with E-state index in [2.05, 4.69) is 4.98 Å². The fourth-order valence-corrected chi connectivity index (χ4v) is 2.09. The first-order valence-corrected chi connectivity index (χ1v) is 5.76. The van der Waals surface area contributed by atoms with Crippen LogP contribution in [0, 0.1) is 0 Å². The lowest BCUT2D eigenvalue weighted by molar-refractivity contribution is 0.103. The van der Waals surface area contributed by atoms with Crippen molar-refractivity contribution >= 4 is 16.6 Å². The normalized spacial score (nSPS) is 10.7. The molecule has 0 N–H and O–H groups in total. The summed E-state index contributed by atoms with van der Waals surface area (Å²) in [5.74, 6) is -0.0348. The van der Waals surface area contributed by atoms with E-state index in [0.717, 1.165) is 10.8 Å². The molecule has 1 heterocycles. The molecule has 2 aromatic carbocycles. The lowest BCUT2D eigenvalue weighted by Gasteiger charge is -2.03. The van der Waals surface area contributed by atoms with E-state index in [1.54, 1.807) is 17.1 Å². The molecular weight excluding hydrogens is 224 g/mol. The van der Waals surface area contributed by atoms with Gasteiger partial charge in [-0.3, -0.25) is 4.79 Å². The summed E-state index contributed by atoms with van der Waals surface area (Å²) in [6, 6.07) is 13.6. The highest BCUT2D eigenvalue weighted by atomic mass is 16.1. The standard InChI is InChI=1S/C15H12N2O/c1-17-9-14(16-10-17)15(18)13-8-4-6-11-5-2-3-7-12(11)13/h2-10H,1H3. The molecule has 0 bridgehead atoms. The zero-order valence-electron chi connectivity index (χ0n) is 10.00. The fraction of sp³-hybridized carbons (Fsp3) is 0.0667. The van der Waals surface area contributed by atoms with E-state index >= 15 is 0 Å². The van der Waals surface area contributed by atoms with Crippen LogP contribution in [0.4, 0.5) is 0 Å². The maximum absolute atomic E-state index is 12.4. The number of nitrogens with zero attached hydrogens (tertiary/aromatic N) is 2. The zero-order valence-corrected chi connectivity index (χ0v) is 10.00. The van der Waals surface area contributed by atoms with Gasteiger partial charge in [-0.15, -0.1) is 0 Å². The number of fused-ring (bicyclic) bond motifs is 1. The Labute approximate surface area is 105 Å². The quantitative estimate of drug-likeness (QED) is 0.641. The van der Waals surface area contributed by atoms with Crippen molar-refractivity contribution in [2.24, 2.45) is 7.05 Å². The average Bonchev–Trinajstić information content (AvgIpc) is 2.84. The van der Waals surface area contributed by atoms with Gasteiger partial charge in [0.05, 0.1) is 6.33 Å². The smallest absolute Gasteiger partial charge is 0.213 e. The maximum atomic E-state index is 12.4. The minimum Gasteiger partial charge on any atom is -0.340 e. The minimum absolute atomic E-state index is 0.0348. The molecule has 0 saturated heterocycles. The third kappa shape index (κ3) is 1.70. The van der Waals surface area contributed by atoms with E-state index in [9.17, 15) is 4.79 Å². The summed E-state index contributed by atoms with van der Waals surface area (Å²) in [6.07, 6.45) is 3.38. The fourth-order valence-electron chi connectivity index (χ4n) is 2.09. The van der Waals surface area contributed by atoms with Gasteiger partial charge in [-0.2, -0.15) is 0 Å². The maximum Gasteiger partial charge on any atom is 0.213 e. The van der Waals surface area contributed by atoms with Crippen molar-refractivity contribution in [3.8, 4) is 0 Å². The van der Waals surface area contributed by atoms with Crippen LogP contribution in [-0.4, -0.2) is 15.3 Å². The van der Waals surface area contributed by atoms with Gasteiger partial charge in [-0.05, 0) is 10.8 Å². The van der Waals surface area contributed by atoms with E-state index in [1.807, 2.05) is 49.5 Å². The van der Waals surface area contributed by atoms with Gasteiger partial charge in [0.2, 0.25) is 5.78 Å². The largest absolute Gasteiger partial charge is 0.340 e. The molecule has 0 fully saturated rings. The number of ketones is 1. The van der Waals surface area contributed by atoms with E-state index in [1.165, 1.54) is 0 Å². The number of aryl methyl sites for hydroxylation is 1. The minimum atomic E-state index is -0.0348. The van der Waals surface area contributed by atoms with Crippen molar-refractivity contribution in [1.29, 1.82) is 0 Å². The summed E-state index contributed by atoms with van der Waals surface area (Å²) in [5, 5.41) is 2.04. The number of imidazole rings is 1. The highest BCUT2D eigenvalue weighted by Crippen LogP contribution is 2.20. The SMILES string of the molecule is Cn1cnc(C(=O)c2cccc3ccccc23)c1. The van der Waals surface area contributed by atoms with E-state index in [-0.39, 0.29) is 5.78 Å². The molecule has 1 aromatic heterocycles. The highest BCUT2D eigenvalue weighted by Gasteiger charge is 2.14. The topological polar surface area (TPSA) is 34.9 Å². The highest BCUT2D eigenvalue weighted by molar-refractivity contribution is 6.15. The molecule has 18 heavy (non-hydrogen) atoms. The molecule has 3 heteroatoms. The summed E-state index contributed by atoms with van der Waals surface area (Å²) in [5.41, 5.74) is 1.18. The Morgan fingerprint density at radius 2 is 1.89 bits per heavy atom. The number of rotatable bonds is 2. The molecule has 3 nitrogen and oxygen atoms in total. The first-order chi connectivity index (χ1) is 8.75. The molecule has 0 aliphatic carbocycles. The molecule has 0 spiro atoms. The van der Waals surface area contributed by atoms with E-state index in [0.29, 0.717) is 11.3 Å². The van der Waals surface area contributed by atoms with Crippen LogP contribution in [0.15, 0.2) is 55.0 Å². The van der Waals surface area contributed by atoms with Crippen LogP contribution in [0.25, 0.3) is 10.8 Å². The van der Waals surface area contributed by atoms with Crippen LogP contribution < -0.4 is 0 Å². The van der Waals surface area contributed by atoms with Crippen LogP contribution in [0.2, 0.25) is 0 Å². The van der Waals surface area contributed by atoms with Gasteiger partial charge in [0, 0.05) is 18.8 Å². The van der Waals surface area contributed by atoms with Gasteiger partial charge >= 0.3 is 0 Å².